The van der Waals surface area contributed by atoms with E-state index in [1.54, 1.807) is 37.1 Å². The van der Waals surface area contributed by atoms with E-state index in [2.05, 4.69) is 0 Å². The van der Waals surface area contributed by atoms with Gasteiger partial charge in [0.1, 0.15) is 11.3 Å². The normalized spacial score (nSPS) is 11.3. The van der Waals surface area contributed by atoms with Crippen molar-refractivity contribution in [1.29, 1.82) is 0 Å². The maximum atomic E-state index is 12.2. The first-order valence-electron chi connectivity index (χ1n) is 8.35. The van der Waals surface area contributed by atoms with Crippen LogP contribution in [0.25, 0.3) is 22.5 Å². The Labute approximate surface area is 150 Å². The van der Waals surface area contributed by atoms with Crippen molar-refractivity contribution in [2.75, 3.05) is 11.9 Å². The number of hydrogen-bond donors (Lipinski definition) is 1. The van der Waals surface area contributed by atoms with Gasteiger partial charge >= 0.3 is 5.63 Å². The maximum absolute atomic E-state index is 12.2. The monoisotopic (exact) mass is 355 g/mol. The van der Waals surface area contributed by atoms with Crippen molar-refractivity contribution in [2.45, 2.75) is 27.7 Å². The van der Waals surface area contributed by atoms with Gasteiger partial charge in [-0.05, 0) is 38.1 Å². The van der Waals surface area contributed by atoms with E-state index in [9.17, 15) is 14.7 Å². The Morgan fingerprint density at radius 1 is 1.12 bits per heavy atom. The molecule has 1 N–H and O–H groups in total. The van der Waals surface area contributed by atoms with E-state index in [-0.39, 0.29) is 28.9 Å². The Hall–Kier alpha value is -3.02. The van der Waals surface area contributed by atoms with Gasteiger partial charge in [-0.3, -0.25) is 4.79 Å². The summed E-state index contributed by atoms with van der Waals surface area (Å²) in [4.78, 5) is 25.7. The highest BCUT2D eigenvalue weighted by molar-refractivity contribution is 5.96. The minimum absolute atomic E-state index is 0.0124. The lowest BCUT2D eigenvalue weighted by molar-refractivity contribution is -0.121. The molecule has 1 aromatic carbocycles. The molecule has 2 heterocycles. The molecule has 0 aliphatic carbocycles. The standard InChI is InChI=1S/C20H21NO5/c1-10(2)19(23)21(5)14-6-7-15-13(8-14)9-16(25-15)18-11(3)17(22)12(4)20(24)26-18/h6-10,22H,1-5H3. The van der Waals surface area contributed by atoms with Crippen LogP contribution in [0.1, 0.15) is 25.0 Å². The summed E-state index contributed by atoms with van der Waals surface area (Å²) in [7, 11) is 1.73. The summed E-state index contributed by atoms with van der Waals surface area (Å²) >= 11 is 0. The van der Waals surface area contributed by atoms with Gasteiger partial charge in [-0.25, -0.2) is 4.79 Å². The molecule has 0 aliphatic heterocycles. The van der Waals surface area contributed by atoms with Gasteiger partial charge in [0.2, 0.25) is 5.91 Å². The minimum atomic E-state index is -0.605. The molecule has 0 radical (unpaired) electrons. The van der Waals surface area contributed by atoms with Crippen molar-refractivity contribution < 1.29 is 18.7 Å². The summed E-state index contributed by atoms with van der Waals surface area (Å²) in [5, 5.41) is 10.9. The Bertz CT molecular complexity index is 1060. The predicted octanol–water partition coefficient (Wildman–Crippen LogP) is 3.99. The molecule has 0 aliphatic rings. The fourth-order valence-electron chi connectivity index (χ4n) is 2.83. The smallest absolute Gasteiger partial charge is 0.343 e. The third kappa shape index (κ3) is 2.87. The summed E-state index contributed by atoms with van der Waals surface area (Å²) in [5.41, 5.74) is 1.34. The van der Waals surface area contributed by atoms with Gasteiger partial charge in [0.15, 0.2) is 11.5 Å². The number of carbonyl (C=O) groups is 1. The molecule has 1 amide bonds. The largest absolute Gasteiger partial charge is 0.507 e. The molecule has 3 rings (SSSR count). The molecule has 0 bridgehead atoms. The molecule has 0 atom stereocenters. The molecule has 6 heteroatoms. The van der Waals surface area contributed by atoms with Gasteiger partial charge < -0.3 is 18.8 Å². The highest BCUT2D eigenvalue weighted by Crippen LogP contribution is 2.34. The second-order valence-electron chi connectivity index (χ2n) is 6.70. The zero-order valence-electron chi connectivity index (χ0n) is 15.4. The van der Waals surface area contributed by atoms with Gasteiger partial charge in [-0.15, -0.1) is 0 Å². The Morgan fingerprint density at radius 3 is 2.46 bits per heavy atom. The number of carbonyl (C=O) groups excluding carboxylic acids is 1. The number of aromatic hydroxyl groups is 1. The van der Waals surface area contributed by atoms with Crippen LogP contribution < -0.4 is 10.5 Å². The number of amides is 1. The Kier molecular flexibility index (Phi) is 4.36. The van der Waals surface area contributed by atoms with E-state index < -0.39 is 5.63 Å². The van der Waals surface area contributed by atoms with Crippen molar-refractivity contribution >= 4 is 22.6 Å². The van der Waals surface area contributed by atoms with E-state index in [1.807, 2.05) is 19.9 Å². The van der Waals surface area contributed by atoms with Crippen LogP contribution in [0.4, 0.5) is 5.69 Å². The lowest BCUT2D eigenvalue weighted by Gasteiger charge is -2.19. The number of benzene rings is 1. The highest BCUT2D eigenvalue weighted by atomic mass is 16.4. The third-order valence-electron chi connectivity index (χ3n) is 4.49. The van der Waals surface area contributed by atoms with Gasteiger partial charge in [0.05, 0.1) is 5.56 Å². The van der Waals surface area contributed by atoms with E-state index >= 15 is 0 Å². The number of anilines is 1. The Morgan fingerprint density at radius 2 is 1.81 bits per heavy atom. The van der Waals surface area contributed by atoms with Crippen molar-refractivity contribution in [3.63, 3.8) is 0 Å². The average Bonchev–Trinajstić information content (AvgIpc) is 3.04. The lowest BCUT2D eigenvalue weighted by atomic mass is 10.1. The van der Waals surface area contributed by atoms with Gasteiger partial charge in [-0.1, -0.05) is 13.8 Å². The van der Waals surface area contributed by atoms with Crippen LogP contribution in [-0.2, 0) is 4.79 Å². The Balaban J connectivity index is 2.09. The molecule has 0 unspecified atom stereocenters. The van der Waals surface area contributed by atoms with Gasteiger partial charge in [-0.2, -0.15) is 0 Å². The number of furan rings is 1. The topological polar surface area (TPSA) is 83.9 Å². The predicted molar refractivity (Wildman–Crippen MR) is 99.6 cm³/mol. The fourth-order valence-corrected chi connectivity index (χ4v) is 2.83. The van der Waals surface area contributed by atoms with Crippen molar-refractivity contribution in [3.8, 4) is 17.3 Å². The van der Waals surface area contributed by atoms with Crippen LogP contribution in [0.15, 0.2) is 37.9 Å². The van der Waals surface area contributed by atoms with Crippen LogP contribution in [0.5, 0.6) is 5.75 Å². The molecule has 0 fully saturated rings. The molecule has 0 saturated carbocycles. The number of rotatable bonds is 3. The van der Waals surface area contributed by atoms with Gasteiger partial charge in [0.25, 0.3) is 0 Å². The minimum Gasteiger partial charge on any atom is -0.507 e. The number of hydrogen-bond acceptors (Lipinski definition) is 5. The van der Waals surface area contributed by atoms with Crippen LogP contribution in [0, 0.1) is 19.8 Å². The third-order valence-corrected chi connectivity index (χ3v) is 4.49. The van der Waals surface area contributed by atoms with Gasteiger partial charge in [0, 0.05) is 29.6 Å². The van der Waals surface area contributed by atoms with E-state index in [1.165, 1.54) is 6.92 Å². The average molecular weight is 355 g/mol. The van der Waals surface area contributed by atoms with Crippen LogP contribution in [0.3, 0.4) is 0 Å². The van der Waals surface area contributed by atoms with Crippen LogP contribution in [0.2, 0.25) is 0 Å². The summed E-state index contributed by atoms with van der Waals surface area (Å²) in [5.74, 6) is 0.350. The molecule has 0 saturated heterocycles. The number of nitrogens with zero attached hydrogens (tertiary/aromatic N) is 1. The first-order chi connectivity index (χ1) is 12.2. The zero-order valence-corrected chi connectivity index (χ0v) is 15.4. The highest BCUT2D eigenvalue weighted by Gasteiger charge is 2.19. The maximum Gasteiger partial charge on any atom is 0.343 e. The lowest BCUT2D eigenvalue weighted by Crippen LogP contribution is -2.30. The van der Waals surface area contributed by atoms with Crippen molar-refractivity contribution in [1.82, 2.24) is 0 Å². The summed E-state index contributed by atoms with van der Waals surface area (Å²) in [6.45, 7) is 6.86. The quantitative estimate of drug-likeness (QED) is 0.768. The SMILES string of the molecule is Cc1c(-c2cc3cc(N(C)C(=O)C(C)C)ccc3o2)oc(=O)c(C)c1O. The summed E-state index contributed by atoms with van der Waals surface area (Å²) in [6, 6.07) is 7.13. The fraction of sp³-hybridized carbons (Fsp3) is 0.300. The molecule has 6 nitrogen and oxygen atoms in total. The van der Waals surface area contributed by atoms with Crippen molar-refractivity contribution in [3.05, 3.63) is 45.8 Å². The zero-order chi connectivity index (χ0) is 19.2. The molecule has 26 heavy (non-hydrogen) atoms. The van der Waals surface area contributed by atoms with Crippen LogP contribution in [-0.4, -0.2) is 18.1 Å². The van der Waals surface area contributed by atoms with Crippen LogP contribution >= 0.6 is 0 Å². The molecule has 2 aromatic heterocycles. The second kappa shape index (κ2) is 6.37. The van der Waals surface area contributed by atoms with E-state index in [4.69, 9.17) is 8.83 Å². The molecular weight excluding hydrogens is 334 g/mol. The molecule has 3 aromatic rings. The summed E-state index contributed by atoms with van der Waals surface area (Å²) in [6.07, 6.45) is 0. The number of fused-ring (bicyclic) bond motifs is 1. The first kappa shape index (κ1) is 17.8. The molecule has 0 spiro atoms. The van der Waals surface area contributed by atoms with E-state index in [0.717, 1.165) is 11.1 Å². The second-order valence-corrected chi connectivity index (χ2v) is 6.70. The van der Waals surface area contributed by atoms with E-state index in [0.29, 0.717) is 16.9 Å². The first-order valence-corrected chi connectivity index (χ1v) is 8.35. The molecule has 136 valence electrons. The van der Waals surface area contributed by atoms with Crippen molar-refractivity contribution in [2.24, 2.45) is 5.92 Å². The molecular formula is C20H21NO5. The summed E-state index contributed by atoms with van der Waals surface area (Å²) < 4.78 is 11.1.